The van der Waals surface area contributed by atoms with Gasteiger partial charge in [0.25, 0.3) is 0 Å². The minimum Gasteiger partial charge on any atom is -0.496 e. The van der Waals surface area contributed by atoms with Gasteiger partial charge in [0, 0.05) is 11.1 Å². The summed E-state index contributed by atoms with van der Waals surface area (Å²) in [6, 6.07) is 9.19. The molecule has 0 aliphatic rings. The molecule has 2 aromatic rings. The lowest BCUT2D eigenvalue weighted by Gasteiger charge is -2.36. The van der Waals surface area contributed by atoms with Crippen LogP contribution in [0.4, 0.5) is 13.2 Å². The van der Waals surface area contributed by atoms with Crippen LogP contribution in [-0.2, 0) is 25.4 Å². The fourth-order valence-electron chi connectivity index (χ4n) is 2.62. The lowest BCUT2D eigenvalue weighted by atomic mass is 10.1. The molecule has 0 aromatic heterocycles. The largest absolute Gasteiger partial charge is 0.496 e. The topological polar surface area (TPSA) is 74.2 Å². The van der Waals surface area contributed by atoms with Crippen molar-refractivity contribution in [2.45, 2.75) is 63.5 Å². The number of nitrogens with zero attached hydrogens (tertiary/aromatic N) is 1. The molecule has 0 radical (unpaired) electrons. The van der Waals surface area contributed by atoms with Crippen LogP contribution in [0, 0.1) is 6.92 Å². The van der Waals surface area contributed by atoms with Crippen LogP contribution in [0.3, 0.4) is 0 Å². The van der Waals surface area contributed by atoms with Crippen molar-refractivity contribution in [2.75, 3.05) is 7.11 Å². The molecular weight excluding hydrogens is 487 g/mol. The third-order valence-corrected chi connectivity index (χ3v) is 11.4. The molecule has 0 bridgehead atoms. The van der Waals surface area contributed by atoms with E-state index in [4.69, 9.17) is 9.16 Å². The molecule has 34 heavy (non-hydrogen) atoms. The molecule has 0 saturated carbocycles. The SMILES string of the molecule is COc1ccc(C(=NOS(=O)(=O)c2ccc(C)cc2)C(F)(F)F)cc1CO[Si](C)(C)C(C)(C)C. The Kier molecular flexibility index (Phi) is 8.27. The second kappa shape index (κ2) is 10.1. The number of benzene rings is 2. The maximum Gasteiger partial charge on any atom is 0.437 e. The van der Waals surface area contributed by atoms with Crippen molar-refractivity contribution in [3.8, 4) is 5.75 Å². The van der Waals surface area contributed by atoms with Crippen molar-refractivity contribution in [1.82, 2.24) is 0 Å². The van der Waals surface area contributed by atoms with Gasteiger partial charge in [-0.3, -0.25) is 4.28 Å². The fraction of sp³-hybridized carbons (Fsp3) is 0.435. The number of hydrogen-bond donors (Lipinski definition) is 0. The summed E-state index contributed by atoms with van der Waals surface area (Å²) in [6.45, 7) is 12.0. The summed E-state index contributed by atoms with van der Waals surface area (Å²) in [5.74, 6) is 0.345. The fourth-order valence-corrected chi connectivity index (χ4v) is 4.29. The molecule has 2 rings (SSSR count). The first-order valence-corrected chi connectivity index (χ1v) is 14.8. The molecule has 0 N–H and O–H groups in total. The minimum absolute atomic E-state index is 0.0289. The van der Waals surface area contributed by atoms with E-state index in [2.05, 4.69) is 9.44 Å². The van der Waals surface area contributed by atoms with E-state index in [0.29, 0.717) is 11.3 Å². The number of halogens is 3. The van der Waals surface area contributed by atoms with E-state index in [1.807, 2.05) is 33.9 Å². The molecule has 0 aliphatic carbocycles. The Labute approximate surface area is 200 Å². The van der Waals surface area contributed by atoms with Crippen LogP contribution < -0.4 is 4.74 Å². The molecular formula is C23H30F3NO5SSi. The molecule has 0 spiro atoms. The van der Waals surface area contributed by atoms with Crippen LogP contribution in [0.15, 0.2) is 52.5 Å². The second-order valence-electron chi connectivity index (χ2n) is 9.35. The number of ether oxygens (including phenoxy) is 1. The standard InChI is InChI=1S/C23H30F3NO5SSi/c1-16-8-11-19(12-9-16)33(28,29)32-27-21(23(24,25)26)17-10-13-20(30-5)18(14-17)15-31-34(6,7)22(2,3)4/h8-14H,15H2,1-7H3. The van der Waals surface area contributed by atoms with Crippen molar-refractivity contribution in [3.05, 3.63) is 59.2 Å². The van der Waals surface area contributed by atoms with Gasteiger partial charge in [-0.05, 0) is 55.4 Å². The average molecular weight is 518 g/mol. The van der Waals surface area contributed by atoms with Gasteiger partial charge in [0.2, 0.25) is 0 Å². The number of methoxy groups -OCH3 is 1. The summed E-state index contributed by atoms with van der Waals surface area (Å²) >= 11 is 0. The second-order valence-corrected chi connectivity index (χ2v) is 15.7. The maximum absolute atomic E-state index is 13.8. The summed E-state index contributed by atoms with van der Waals surface area (Å²) in [4.78, 5) is -0.304. The molecule has 6 nitrogen and oxygen atoms in total. The zero-order valence-corrected chi connectivity index (χ0v) is 22.1. The van der Waals surface area contributed by atoms with E-state index in [9.17, 15) is 21.6 Å². The number of aryl methyl sites for hydroxylation is 1. The van der Waals surface area contributed by atoms with Gasteiger partial charge in [-0.15, -0.1) is 0 Å². The van der Waals surface area contributed by atoms with E-state index >= 15 is 0 Å². The lowest BCUT2D eigenvalue weighted by molar-refractivity contribution is -0.0597. The van der Waals surface area contributed by atoms with Gasteiger partial charge in [0.1, 0.15) is 10.6 Å². The van der Waals surface area contributed by atoms with E-state index in [0.717, 1.165) is 11.6 Å². The van der Waals surface area contributed by atoms with Crippen molar-refractivity contribution in [1.29, 1.82) is 0 Å². The first-order chi connectivity index (χ1) is 15.5. The normalized spacial score (nSPS) is 13.6. The highest BCUT2D eigenvalue weighted by Gasteiger charge is 2.40. The van der Waals surface area contributed by atoms with Gasteiger partial charge in [-0.25, -0.2) is 0 Å². The Morgan fingerprint density at radius 3 is 2.12 bits per heavy atom. The zero-order valence-electron chi connectivity index (χ0n) is 20.3. The van der Waals surface area contributed by atoms with E-state index < -0.39 is 30.3 Å². The van der Waals surface area contributed by atoms with Crippen molar-refractivity contribution in [2.24, 2.45) is 5.16 Å². The van der Waals surface area contributed by atoms with Gasteiger partial charge in [-0.1, -0.05) is 43.6 Å². The Bertz CT molecular complexity index is 1140. The number of oxime groups is 1. The monoisotopic (exact) mass is 517 g/mol. The highest BCUT2D eigenvalue weighted by molar-refractivity contribution is 7.86. The molecule has 0 aliphatic heterocycles. The first-order valence-electron chi connectivity index (χ1n) is 10.4. The quantitative estimate of drug-likeness (QED) is 0.237. The van der Waals surface area contributed by atoms with Gasteiger partial charge in [0.05, 0.1) is 13.7 Å². The Hall–Kier alpha value is -2.37. The molecule has 2 aromatic carbocycles. The van der Waals surface area contributed by atoms with Crippen LogP contribution in [-0.4, -0.2) is 35.7 Å². The molecule has 188 valence electrons. The summed E-state index contributed by atoms with van der Waals surface area (Å²) < 4.78 is 82.0. The molecule has 0 atom stereocenters. The summed E-state index contributed by atoms with van der Waals surface area (Å²) in [6.07, 6.45) is -4.98. The molecule has 0 saturated heterocycles. The van der Waals surface area contributed by atoms with E-state index in [1.165, 1.54) is 43.5 Å². The third-order valence-electron chi connectivity index (χ3n) is 5.75. The molecule has 0 heterocycles. The van der Waals surface area contributed by atoms with Crippen LogP contribution in [0.1, 0.15) is 37.5 Å². The van der Waals surface area contributed by atoms with E-state index in [1.54, 1.807) is 6.92 Å². The first kappa shape index (κ1) is 27.9. The number of alkyl halides is 3. The van der Waals surface area contributed by atoms with Crippen molar-refractivity contribution in [3.63, 3.8) is 0 Å². The van der Waals surface area contributed by atoms with Crippen LogP contribution >= 0.6 is 0 Å². The highest BCUT2D eigenvalue weighted by Crippen LogP contribution is 2.38. The van der Waals surface area contributed by atoms with Gasteiger partial charge in [0.15, 0.2) is 14.0 Å². The molecule has 0 unspecified atom stereocenters. The maximum atomic E-state index is 13.8. The zero-order chi connectivity index (χ0) is 25.9. The molecule has 0 amide bonds. The Morgan fingerprint density at radius 1 is 1.03 bits per heavy atom. The predicted molar refractivity (Wildman–Crippen MR) is 127 cm³/mol. The lowest BCUT2D eigenvalue weighted by Crippen LogP contribution is -2.40. The van der Waals surface area contributed by atoms with Gasteiger partial charge >= 0.3 is 16.3 Å². The number of hydrogen-bond acceptors (Lipinski definition) is 6. The highest BCUT2D eigenvalue weighted by atomic mass is 32.2. The average Bonchev–Trinajstić information content (AvgIpc) is 2.71. The summed E-state index contributed by atoms with van der Waals surface area (Å²) in [5.41, 5.74) is -0.701. The van der Waals surface area contributed by atoms with Gasteiger partial charge < -0.3 is 9.16 Å². The van der Waals surface area contributed by atoms with Gasteiger partial charge in [-0.2, -0.15) is 21.6 Å². The minimum atomic E-state index is -4.98. The van der Waals surface area contributed by atoms with Crippen LogP contribution in [0.5, 0.6) is 5.75 Å². The predicted octanol–water partition coefficient (Wildman–Crippen LogP) is 6.20. The van der Waals surface area contributed by atoms with Crippen LogP contribution in [0.25, 0.3) is 0 Å². The third kappa shape index (κ3) is 6.83. The molecule has 11 heteroatoms. The summed E-state index contributed by atoms with van der Waals surface area (Å²) in [5, 5.41) is 2.91. The van der Waals surface area contributed by atoms with Crippen molar-refractivity contribution >= 4 is 24.1 Å². The van der Waals surface area contributed by atoms with E-state index in [-0.39, 0.29) is 22.1 Å². The molecule has 0 fully saturated rings. The Morgan fingerprint density at radius 2 is 1.62 bits per heavy atom. The summed E-state index contributed by atoms with van der Waals surface area (Å²) in [7, 11) is -5.34. The number of rotatable bonds is 8. The van der Waals surface area contributed by atoms with Crippen molar-refractivity contribution < 1.29 is 35.0 Å². The van der Waals surface area contributed by atoms with Crippen LogP contribution in [0.2, 0.25) is 18.1 Å². The Balaban J connectivity index is 2.43. The smallest absolute Gasteiger partial charge is 0.437 e.